The molecule has 0 atom stereocenters. The van der Waals surface area contributed by atoms with Crippen LogP contribution in [0.1, 0.15) is 21.5 Å². The van der Waals surface area contributed by atoms with E-state index in [2.05, 4.69) is 0 Å². The Morgan fingerprint density at radius 1 is 1.17 bits per heavy atom. The molecule has 0 aliphatic rings. The topological polar surface area (TPSA) is 46.5 Å². The molecule has 0 amide bonds. The molecule has 6 heteroatoms. The third kappa shape index (κ3) is 3.91. The first-order valence-corrected chi connectivity index (χ1v) is 6.58. The predicted octanol–water partition coefficient (Wildman–Crippen LogP) is 4.32. The molecule has 23 heavy (non-hydrogen) atoms. The molecule has 3 nitrogen and oxygen atoms in total. The highest BCUT2D eigenvalue weighted by atomic mass is 19.4. The Hall–Kier alpha value is -2.76. The largest absolute Gasteiger partial charge is 0.504 e. The van der Waals surface area contributed by atoms with E-state index in [0.717, 1.165) is 13.2 Å². The minimum absolute atomic E-state index is 0.0938. The lowest BCUT2D eigenvalue weighted by Crippen LogP contribution is -2.06. The van der Waals surface area contributed by atoms with Crippen molar-refractivity contribution in [1.82, 2.24) is 0 Å². The first-order valence-electron chi connectivity index (χ1n) is 6.58. The highest BCUT2D eigenvalue weighted by molar-refractivity contribution is 6.06. The fourth-order valence-electron chi connectivity index (χ4n) is 1.97. The highest BCUT2D eigenvalue weighted by Crippen LogP contribution is 2.41. The van der Waals surface area contributed by atoms with Crippen LogP contribution in [0.3, 0.4) is 0 Å². The number of hydrogen-bond acceptors (Lipinski definition) is 3. The Kier molecular flexibility index (Phi) is 4.74. The molecule has 120 valence electrons. The molecule has 0 unspecified atom stereocenters. The van der Waals surface area contributed by atoms with Crippen molar-refractivity contribution < 1.29 is 27.8 Å². The molecule has 2 aromatic carbocycles. The fourth-order valence-corrected chi connectivity index (χ4v) is 1.97. The van der Waals surface area contributed by atoms with Gasteiger partial charge in [-0.15, -0.1) is 0 Å². The summed E-state index contributed by atoms with van der Waals surface area (Å²) in [4.78, 5) is 11.9. The maximum Gasteiger partial charge on any atom is 0.420 e. The third-order valence-corrected chi connectivity index (χ3v) is 3.11. The van der Waals surface area contributed by atoms with Crippen molar-refractivity contribution in [3.05, 3.63) is 65.2 Å². The number of halogens is 3. The number of methoxy groups -OCH3 is 1. The van der Waals surface area contributed by atoms with Gasteiger partial charge in [-0.05, 0) is 23.8 Å². The monoisotopic (exact) mass is 322 g/mol. The van der Waals surface area contributed by atoms with Crippen molar-refractivity contribution >= 4 is 11.9 Å². The average Bonchev–Trinajstić information content (AvgIpc) is 2.53. The maximum absolute atomic E-state index is 12.9. The molecule has 2 aromatic rings. The van der Waals surface area contributed by atoms with Crippen LogP contribution in [-0.4, -0.2) is 18.0 Å². The van der Waals surface area contributed by atoms with E-state index < -0.39 is 17.5 Å². The normalized spacial score (nSPS) is 11.7. The van der Waals surface area contributed by atoms with Crippen LogP contribution in [0.15, 0.2) is 48.5 Å². The van der Waals surface area contributed by atoms with E-state index in [9.17, 15) is 23.1 Å². The molecular weight excluding hydrogens is 309 g/mol. The number of hydrogen-bond donors (Lipinski definition) is 1. The van der Waals surface area contributed by atoms with Crippen molar-refractivity contribution in [2.24, 2.45) is 0 Å². The summed E-state index contributed by atoms with van der Waals surface area (Å²) in [5.74, 6) is -1.63. The van der Waals surface area contributed by atoms with Gasteiger partial charge in [-0.25, -0.2) is 0 Å². The van der Waals surface area contributed by atoms with E-state index in [4.69, 9.17) is 4.74 Å². The number of allylic oxidation sites excluding steroid dienone is 1. The SMILES string of the molecule is COc1cc(/C=C/C(=O)c2ccccc2)cc(C(F)(F)F)c1O. The number of ether oxygens (including phenoxy) is 1. The van der Waals surface area contributed by atoms with Crippen LogP contribution in [0.4, 0.5) is 13.2 Å². The van der Waals surface area contributed by atoms with Gasteiger partial charge >= 0.3 is 6.18 Å². The minimum atomic E-state index is -4.73. The Labute approximate surface area is 130 Å². The summed E-state index contributed by atoms with van der Waals surface area (Å²) in [6, 6.07) is 10.3. The third-order valence-electron chi connectivity index (χ3n) is 3.11. The fraction of sp³-hybridized carbons (Fsp3) is 0.118. The quantitative estimate of drug-likeness (QED) is 0.674. The molecule has 1 N–H and O–H groups in total. The number of ketones is 1. The molecule has 0 aromatic heterocycles. The number of rotatable bonds is 4. The molecule has 2 rings (SSSR count). The molecule has 0 bridgehead atoms. The van der Waals surface area contributed by atoms with Gasteiger partial charge < -0.3 is 9.84 Å². The van der Waals surface area contributed by atoms with E-state index in [1.165, 1.54) is 18.2 Å². The van der Waals surface area contributed by atoms with E-state index in [1.807, 2.05) is 0 Å². The lowest BCUT2D eigenvalue weighted by molar-refractivity contribution is -0.138. The summed E-state index contributed by atoms with van der Waals surface area (Å²) in [5.41, 5.74) is -0.703. The Morgan fingerprint density at radius 2 is 1.83 bits per heavy atom. The highest BCUT2D eigenvalue weighted by Gasteiger charge is 2.35. The van der Waals surface area contributed by atoms with Crippen molar-refractivity contribution in [3.8, 4) is 11.5 Å². The van der Waals surface area contributed by atoms with Crippen LogP contribution < -0.4 is 4.74 Å². The summed E-state index contributed by atoms with van der Waals surface area (Å²) >= 11 is 0. The summed E-state index contributed by atoms with van der Waals surface area (Å²) in [6.45, 7) is 0. The standard InChI is InChI=1S/C17H13F3O3/c1-23-15-10-11(9-13(16(15)22)17(18,19)20)7-8-14(21)12-5-3-2-4-6-12/h2-10,22H,1H3/b8-7+. The molecule has 0 aliphatic carbocycles. The lowest BCUT2D eigenvalue weighted by Gasteiger charge is -2.13. The summed E-state index contributed by atoms with van der Waals surface area (Å²) < 4.78 is 43.5. The van der Waals surface area contributed by atoms with Gasteiger partial charge in [-0.2, -0.15) is 13.2 Å². The van der Waals surface area contributed by atoms with Crippen molar-refractivity contribution in [2.45, 2.75) is 6.18 Å². The van der Waals surface area contributed by atoms with E-state index >= 15 is 0 Å². The molecule has 0 heterocycles. The van der Waals surface area contributed by atoms with Gasteiger partial charge in [0.25, 0.3) is 0 Å². The van der Waals surface area contributed by atoms with Gasteiger partial charge in [0.15, 0.2) is 17.3 Å². The van der Waals surface area contributed by atoms with Crippen LogP contribution in [0.2, 0.25) is 0 Å². The molecule has 0 saturated carbocycles. The first kappa shape index (κ1) is 16.6. The summed E-state index contributed by atoms with van der Waals surface area (Å²) in [7, 11) is 1.15. The maximum atomic E-state index is 12.9. The lowest BCUT2D eigenvalue weighted by atomic mass is 10.1. The van der Waals surface area contributed by atoms with Crippen molar-refractivity contribution in [2.75, 3.05) is 7.11 Å². The Balaban J connectivity index is 2.37. The Bertz CT molecular complexity index is 735. The van der Waals surface area contributed by atoms with Crippen molar-refractivity contribution in [1.29, 1.82) is 0 Å². The van der Waals surface area contributed by atoms with E-state index in [1.54, 1.807) is 30.3 Å². The molecule has 0 aliphatic heterocycles. The van der Waals surface area contributed by atoms with Crippen LogP contribution in [-0.2, 0) is 6.18 Å². The molecule has 0 spiro atoms. The molecular formula is C17H13F3O3. The summed E-state index contributed by atoms with van der Waals surface area (Å²) in [6.07, 6.45) is -2.32. The second-order valence-electron chi connectivity index (χ2n) is 4.68. The van der Waals surface area contributed by atoms with Gasteiger partial charge in [0.1, 0.15) is 5.56 Å². The van der Waals surface area contributed by atoms with Gasteiger partial charge in [0.2, 0.25) is 0 Å². The smallest absolute Gasteiger partial charge is 0.420 e. The van der Waals surface area contributed by atoms with Gasteiger partial charge in [0, 0.05) is 5.56 Å². The zero-order valence-electron chi connectivity index (χ0n) is 12.1. The van der Waals surface area contributed by atoms with E-state index in [0.29, 0.717) is 5.56 Å². The Morgan fingerprint density at radius 3 is 2.39 bits per heavy atom. The van der Waals surface area contributed by atoms with Crippen LogP contribution in [0.25, 0.3) is 6.08 Å². The zero-order valence-corrected chi connectivity index (χ0v) is 12.1. The number of benzene rings is 2. The van der Waals surface area contributed by atoms with Gasteiger partial charge in [-0.3, -0.25) is 4.79 Å². The number of phenolic OH excluding ortho intramolecular Hbond substituents is 1. The number of phenols is 1. The molecule has 0 fully saturated rings. The number of alkyl halides is 3. The molecule has 0 saturated heterocycles. The average molecular weight is 322 g/mol. The predicted molar refractivity (Wildman–Crippen MR) is 79.5 cm³/mol. The second-order valence-corrected chi connectivity index (χ2v) is 4.68. The van der Waals surface area contributed by atoms with Gasteiger partial charge in [-0.1, -0.05) is 36.4 Å². The van der Waals surface area contributed by atoms with Crippen LogP contribution >= 0.6 is 0 Å². The van der Waals surface area contributed by atoms with E-state index in [-0.39, 0.29) is 17.1 Å². The minimum Gasteiger partial charge on any atom is -0.504 e. The second kappa shape index (κ2) is 6.56. The van der Waals surface area contributed by atoms with Crippen LogP contribution in [0.5, 0.6) is 11.5 Å². The number of carbonyl (C=O) groups is 1. The van der Waals surface area contributed by atoms with Crippen LogP contribution in [0, 0.1) is 0 Å². The molecule has 0 radical (unpaired) electrons. The number of aromatic hydroxyl groups is 1. The first-order chi connectivity index (χ1) is 10.8. The summed E-state index contributed by atoms with van der Waals surface area (Å²) in [5, 5.41) is 9.57. The van der Waals surface area contributed by atoms with Crippen molar-refractivity contribution in [3.63, 3.8) is 0 Å². The van der Waals surface area contributed by atoms with Gasteiger partial charge in [0.05, 0.1) is 7.11 Å². The number of carbonyl (C=O) groups excluding carboxylic acids is 1. The zero-order chi connectivity index (χ0) is 17.0.